The SMILES string of the molecule is CC(=O)OCC1O[C@@H](ON(O)O)C(N=[N+]=[N-])C(O[C@@H]2OC(C)[C@@H](OC(C)=O)C(OC(C)=O)C2OC(C)=O)[C@@H]1O[C@@H]1OC(COC(C)=O)[C@H](OC(C)=O)C(OC(C)=O)C1O[C@@H]1OC=C(OC(C)=O)C(OC(C)=O)C1OC(C)=O. The molecule has 34 nitrogen and oxygen atoms in total. The Morgan fingerprint density at radius 2 is 0.935 bits per heavy atom. The molecule has 2 N–H and O–H groups in total. The lowest BCUT2D eigenvalue weighted by Gasteiger charge is -2.51. The van der Waals surface area contributed by atoms with Crippen molar-refractivity contribution in [2.24, 2.45) is 5.11 Å². The summed E-state index contributed by atoms with van der Waals surface area (Å²) < 4.78 is 97.9. The minimum absolute atomic E-state index is 0.526. The van der Waals surface area contributed by atoms with Crippen LogP contribution in [0.25, 0.3) is 10.4 Å². The molecule has 0 aliphatic carbocycles. The molecule has 0 amide bonds. The Kier molecular flexibility index (Phi) is 23.2. The number of esters is 10. The van der Waals surface area contributed by atoms with E-state index in [2.05, 4.69) is 10.0 Å². The summed E-state index contributed by atoms with van der Waals surface area (Å²) in [6.07, 6.45) is -32.0. The van der Waals surface area contributed by atoms with Gasteiger partial charge in [-0.15, -0.1) is 0 Å². The third kappa shape index (κ3) is 18.1. The molecule has 4 heterocycles. The van der Waals surface area contributed by atoms with Gasteiger partial charge in [-0.3, -0.25) is 58.4 Å². The minimum Gasteiger partial charge on any atom is -0.465 e. The predicted octanol–water partition coefficient (Wildman–Crippen LogP) is -0.564. The predicted molar refractivity (Wildman–Crippen MR) is 233 cm³/mol. The first-order chi connectivity index (χ1) is 36.1. The summed E-state index contributed by atoms with van der Waals surface area (Å²) in [5, 5.41) is 22.6. The second kappa shape index (κ2) is 28.5. The molecule has 0 aromatic heterocycles. The van der Waals surface area contributed by atoms with Gasteiger partial charge in [0.25, 0.3) is 0 Å². The molecule has 0 bridgehead atoms. The van der Waals surface area contributed by atoms with Gasteiger partial charge in [0.1, 0.15) is 49.9 Å². The Morgan fingerprint density at radius 1 is 0.506 bits per heavy atom. The highest BCUT2D eigenvalue weighted by atomic mass is 17.1. The van der Waals surface area contributed by atoms with E-state index in [1.54, 1.807) is 0 Å². The lowest BCUT2D eigenvalue weighted by molar-refractivity contribution is -0.535. The molecule has 18 atom stereocenters. The van der Waals surface area contributed by atoms with Crippen molar-refractivity contribution in [2.45, 2.75) is 187 Å². The van der Waals surface area contributed by atoms with Gasteiger partial charge in [0, 0.05) is 74.1 Å². The summed E-state index contributed by atoms with van der Waals surface area (Å²) >= 11 is 0. The van der Waals surface area contributed by atoms with Crippen LogP contribution in [-0.2, 0) is 133 Å². The molecule has 0 saturated carbocycles. The van der Waals surface area contributed by atoms with Crippen molar-refractivity contribution in [1.29, 1.82) is 0 Å². The Balaban J connectivity index is 2.06. The van der Waals surface area contributed by atoms with Crippen molar-refractivity contribution >= 4 is 59.7 Å². The molecular weight excluding hydrogens is 1050 g/mol. The molecule has 3 fully saturated rings. The number of carbonyl (C=O) groups excluding carboxylic acids is 10. The summed E-state index contributed by atoms with van der Waals surface area (Å²) in [4.78, 5) is 133. The number of hydrogen-bond donors (Lipinski definition) is 2. The lowest BCUT2D eigenvalue weighted by atomic mass is 9.94. The van der Waals surface area contributed by atoms with Gasteiger partial charge in [0.05, 0.1) is 11.5 Å². The third-order valence-corrected chi connectivity index (χ3v) is 10.6. The Hall–Kier alpha value is -6.85. The van der Waals surface area contributed by atoms with Gasteiger partial charge in [0.2, 0.25) is 18.5 Å². The molecule has 34 heteroatoms. The van der Waals surface area contributed by atoms with Crippen molar-refractivity contribution in [1.82, 2.24) is 5.39 Å². The summed E-state index contributed by atoms with van der Waals surface area (Å²) in [5.41, 5.74) is 9.98. The number of hydrogen-bond acceptors (Lipinski definition) is 32. The molecule has 0 aromatic carbocycles. The summed E-state index contributed by atoms with van der Waals surface area (Å²) in [6.45, 7) is 9.11. The average Bonchev–Trinajstić information content (AvgIpc) is 3.29. The molecule has 4 rings (SSSR count). The molecule has 0 radical (unpaired) electrons. The van der Waals surface area contributed by atoms with E-state index < -0.39 is 195 Å². The van der Waals surface area contributed by atoms with Crippen LogP contribution in [0.1, 0.15) is 76.2 Å². The van der Waals surface area contributed by atoms with Crippen LogP contribution in [0.5, 0.6) is 0 Å². The van der Waals surface area contributed by atoms with E-state index in [4.69, 9.17) is 85.4 Å². The topological polar surface area (TPSA) is 429 Å². The maximum atomic E-state index is 13.1. The molecule has 430 valence electrons. The van der Waals surface area contributed by atoms with Crippen molar-refractivity contribution in [3.05, 3.63) is 22.5 Å². The second-order valence-electron chi connectivity index (χ2n) is 16.8. The van der Waals surface area contributed by atoms with Gasteiger partial charge < -0.3 is 80.5 Å². The summed E-state index contributed by atoms with van der Waals surface area (Å²) in [6, 6.07) is -2.09. The fourth-order valence-electron chi connectivity index (χ4n) is 8.13. The smallest absolute Gasteiger partial charge is 0.307 e. The van der Waals surface area contributed by atoms with Gasteiger partial charge >= 0.3 is 59.7 Å². The van der Waals surface area contributed by atoms with E-state index in [0.717, 1.165) is 75.5 Å². The van der Waals surface area contributed by atoms with Crippen LogP contribution in [0.2, 0.25) is 0 Å². The van der Waals surface area contributed by atoms with Crippen molar-refractivity contribution in [3.63, 3.8) is 0 Å². The standard InChI is InChI=1S/C43H58N4O30/c1-15-30(65-19(5)51)35(68-22(8)54)38(71-25(11)57)42(63-15)75-34-29(45-46-44)40(77-47(58)59)72-27(12-60-16(2)48)31(34)74-43-39(36(69-23(9)55)32(66-20(6)52)28(73-43)13-61-17(3)49)76-41-37(70-24(10)56)33(67-21(7)53)26(14-62-41)64-18(4)50/h14-15,27-43,58-59H,12-13H2,1-11H3/t15?,27?,28?,29?,30-,31-,32+,33?,34?,35?,36?,37?,38?,39?,40+,41+,42+,43+/m1/s1. The van der Waals surface area contributed by atoms with E-state index in [1.165, 1.54) is 6.92 Å². The highest BCUT2D eigenvalue weighted by molar-refractivity contribution is 5.71. The lowest BCUT2D eigenvalue weighted by Crippen LogP contribution is -2.68. The fourth-order valence-corrected chi connectivity index (χ4v) is 8.13. The number of azide groups is 1. The van der Waals surface area contributed by atoms with Crippen LogP contribution in [0, 0.1) is 0 Å². The van der Waals surface area contributed by atoms with E-state index in [-0.39, 0.29) is 0 Å². The Bertz CT molecular complexity index is 2260. The first-order valence-electron chi connectivity index (χ1n) is 22.9. The summed E-state index contributed by atoms with van der Waals surface area (Å²) in [7, 11) is 0. The first-order valence-corrected chi connectivity index (χ1v) is 22.9. The van der Waals surface area contributed by atoms with Gasteiger partial charge in [-0.1, -0.05) is 5.11 Å². The first kappa shape index (κ1) is 62.7. The van der Waals surface area contributed by atoms with Crippen molar-refractivity contribution in [3.8, 4) is 0 Å². The quantitative estimate of drug-likeness (QED) is 0.0363. The Labute approximate surface area is 435 Å². The average molecular weight is 1110 g/mol. The number of ether oxygens (including phenoxy) is 17. The minimum atomic E-state index is -2.26. The van der Waals surface area contributed by atoms with E-state index in [0.29, 0.717) is 0 Å². The largest absolute Gasteiger partial charge is 0.465 e. The molecule has 77 heavy (non-hydrogen) atoms. The van der Waals surface area contributed by atoms with Gasteiger partial charge in [0.15, 0.2) is 61.3 Å². The van der Waals surface area contributed by atoms with Crippen molar-refractivity contribution < 1.29 is 144 Å². The molecule has 4 aliphatic rings. The Morgan fingerprint density at radius 3 is 1.43 bits per heavy atom. The molecule has 0 spiro atoms. The zero-order valence-electron chi connectivity index (χ0n) is 43.0. The van der Waals surface area contributed by atoms with E-state index in [9.17, 15) is 63.9 Å². The van der Waals surface area contributed by atoms with Crippen LogP contribution in [-0.4, -0.2) is 199 Å². The second-order valence-corrected chi connectivity index (χ2v) is 16.8. The molecule has 0 aromatic rings. The third-order valence-electron chi connectivity index (χ3n) is 10.6. The van der Waals surface area contributed by atoms with Crippen LogP contribution >= 0.6 is 0 Å². The van der Waals surface area contributed by atoms with Crippen LogP contribution in [0.4, 0.5) is 0 Å². The maximum absolute atomic E-state index is 13.1. The molecular formula is C43H58N4O30. The van der Waals surface area contributed by atoms with Crippen LogP contribution in [0.15, 0.2) is 17.1 Å². The molecule has 4 aliphatic heterocycles. The number of rotatable bonds is 21. The zero-order chi connectivity index (χ0) is 57.6. The maximum Gasteiger partial charge on any atom is 0.307 e. The normalized spacial score (nSPS) is 32.7. The van der Waals surface area contributed by atoms with Crippen molar-refractivity contribution in [2.75, 3.05) is 13.2 Å². The zero-order valence-corrected chi connectivity index (χ0v) is 43.0. The van der Waals surface area contributed by atoms with Crippen LogP contribution < -0.4 is 0 Å². The molecule has 11 unspecified atom stereocenters. The highest BCUT2D eigenvalue weighted by Gasteiger charge is 2.60. The van der Waals surface area contributed by atoms with Gasteiger partial charge in [-0.25, -0.2) is 4.84 Å². The summed E-state index contributed by atoms with van der Waals surface area (Å²) in [5.74, 6) is -10.6. The monoisotopic (exact) mass is 1110 g/mol. The van der Waals surface area contributed by atoms with E-state index >= 15 is 0 Å². The number of nitrogens with zero attached hydrogens (tertiary/aromatic N) is 4. The van der Waals surface area contributed by atoms with Crippen LogP contribution in [0.3, 0.4) is 0 Å². The molecule has 3 saturated heterocycles. The van der Waals surface area contributed by atoms with Gasteiger partial charge in [-0.05, 0) is 12.5 Å². The van der Waals surface area contributed by atoms with E-state index in [1.807, 2.05) is 0 Å². The number of carbonyl (C=O) groups is 10. The highest BCUT2D eigenvalue weighted by Crippen LogP contribution is 2.40. The fraction of sp³-hybridized carbons (Fsp3) is 0.721. The van der Waals surface area contributed by atoms with Gasteiger partial charge in [-0.2, -0.15) is 0 Å².